The molecule has 0 aliphatic heterocycles. The number of rotatable bonds is 5. The van der Waals surface area contributed by atoms with Crippen LogP contribution in [-0.4, -0.2) is 32.2 Å². The Morgan fingerprint density at radius 2 is 2.09 bits per heavy atom. The molecule has 0 aliphatic rings. The van der Waals surface area contributed by atoms with Gasteiger partial charge >= 0.3 is 0 Å². The molecule has 0 unspecified atom stereocenters. The minimum atomic E-state index is -0.330. The molecule has 2 heterocycles. The summed E-state index contributed by atoms with van der Waals surface area (Å²) in [7, 11) is 0. The van der Waals surface area contributed by atoms with Gasteiger partial charge in [0.15, 0.2) is 0 Å². The van der Waals surface area contributed by atoms with Crippen LogP contribution in [0.5, 0.6) is 0 Å². The van der Waals surface area contributed by atoms with Crippen molar-refractivity contribution < 1.29 is 4.79 Å². The number of aromatic amines is 1. The van der Waals surface area contributed by atoms with Crippen molar-refractivity contribution in [2.75, 3.05) is 6.54 Å². The lowest BCUT2D eigenvalue weighted by atomic mass is 10.3. The summed E-state index contributed by atoms with van der Waals surface area (Å²) in [5.74, 6) is -0.299. The molecule has 0 saturated heterocycles. The van der Waals surface area contributed by atoms with Crippen LogP contribution in [0.2, 0.25) is 0 Å². The smallest absolute Gasteiger partial charge is 0.271 e. The highest BCUT2D eigenvalue weighted by atomic mass is 16.2. The molecule has 0 saturated carbocycles. The van der Waals surface area contributed by atoms with Crippen molar-refractivity contribution in [3.05, 3.63) is 58.8 Å². The second-order valence-corrected chi connectivity index (χ2v) is 4.84. The average Bonchev–Trinajstić information content (AvgIpc) is 2.95. The molecular weight excluding hydrogens is 282 g/mol. The van der Waals surface area contributed by atoms with E-state index in [-0.39, 0.29) is 17.2 Å². The summed E-state index contributed by atoms with van der Waals surface area (Å²) in [6.45, 7) is 1.28. The molecule has 0 atom stereocenters. The van der Waals surface area contributed by atoms with Gasteiger partial charge < -0.3 is 9.88 Å². The summed E-state index contributed by atoms with van der Waals surface area (Å²) in [5, 5.41) is 8.69. The molecule has 22 heavy (non-hydrogen) atoms. The van der Waals surface area contributed by atoms with Gasteiger partial charge in [-0.25, -0.2) is 10.1 Å². The molecule has 0 fully saturated rings. The summed E-state index contributed by atoms with van der Waals surface area (Å²) in [5.41, 5.74) is 1.91. The zero-order chi connectivity index (χ0) is 15.4. The number of H-pyrrole nitrogens is 1. The maximum absolute atomic E-state index is 11.8. The number of imidazole rings is 1. The first-order valence-electron chi connectivity index (χ1n) is 6.98. The van der Waals surface area contributed by atoms with E-state index in [9.17, 15) is 9.59 Å². The Bertz CT molecular complexity index is 832. The highest BCUT2D eigenvalue weighted by Gasteiger charge is 2.06. The Hall–Kier alpha value is -2.96. The first-order valence-corrected chi connectivity index (χ1v) is 6.98. The highest BCUT2D eigenvalue weighted by Crippen LogP contribution is 2.11. The topological polar surface area (TPSA) is 92.7 Å². The van der Waals surface area contributed by atoms with Crippen LogP contribution in [0.1, 0.15) is 16.9 Å². The summed E-state index contributed by atoms with van der Waals surface area (Å²) in [6, 6.07) is 10.6. The van der Waals surface area contributed by atoms with Crippen molar-refractivity contribution in [2.45, 2.75) is 13.0 Å². The van der Waals surface area contributed by atoms with Gasteiger partial charge in [-0.15, -0.1) is 0 Å². The molecular formula is C15H15N5O2. The number of amides is 1. The standard InChI is InChI=1S/C15H15N5O2/c21-14-7-6-12(18-19-14)15(22)16-8-3-9-20-10-17-11-4-1-2-5-13(11)20/h1-2,4-7,10H,3,8-9H2,(H,16,22)(H,19,21). The van der Waals surface area contributed by atoms with Crippen LogP contribution < -0.4 is 10.9 Å². The van der Waals surface area contributed by atoms with E-state index in [1.807, 2.05) is 24.3 Å². The number of carbonyl (C=O) groups is 1. The first-order chi connectivity index (χ1) is 10.7. The Morgan fingerprint density at radius 3 is 2.91 bits per heavy atom. The zero-order valence-corrected chi connectivity index (χ0v) is 11.8. The Morgan fingerprint density at radius 1 is 1.23 bits per heavy atom. The van der Waals surface area contributed by atoms with Crippen LogP contribution in [0, 0.1) is 0 Å². The SMILES string of the molecule is O=C(NCCCn1cnc2ccccc21)c1ccc(=O)[nH]n1. The number of benzene rings is 1. The minimum Gasteiger partial charge on any atom is -0.351 e. The normalized spacial score (nSPS) is 10.7. The van der Waals surface area contributed by atoms with E-state index in [1.165, 1.54) is 12.1 Å². The van der Waals surface area contributed by atoms with Crippen LogP contribution in [0.15, 0.2) is 47.5 Å². The summed E-state index contributed by atoms with van der Waals surface area (Å²) >= 11 is 0. The van der Waals surface area contributed by atoms with E-state index in [2.05, 4.69) is 25.1 Å². The number of fused-ring (bicyclic) bond motifs is 1. The van der Waals surface area contributed by atoms with E-state index >= 15 is 0 Å². The number of hydrogen-bond acceptors (Lipinski definition) is 4. The number of nitrogens with one attached hydrogen (secondary N) is 2. The number of para-hydroxylation sites is 2. The van der Waals surface area contributed by atoms with Crippen molar-refractivity contribution in [3.63, 3.8) is 0 Å². The third kappa shape index (κ3) is 3.03. The molecule has 2 N–H and O–H groups in total. The molecule has 1 aromatic carbocycles. The predicted octanol–water partition coefficient (Wildman–Crippen LogP) is 0.940. The molecule has 0 aliphatic carbocycles. The summed E-state index contributed by atoms with van der Waals surface area (Å²) in [6.07, 6.45) is 2.57. The van der Waals surface area contributed by atoms with Gasteiger partial charge in [-0.3, -0.25) is 9.59 Å². The second kappa shape index (κ2) is 6.21. The van der Waals surface area contributed by atoms with Crippen LogP contribution in [0.3, 0.4) is 0 Å². The lowest BCUT2D eigenvalue weighted by Gasteiger charge is -2.06. The van der Waals surface area contributed by atoms with Crippen LogP contribution in [0.25, 0.3) is 11.0 Å². The largest absolute Gasteiger partial charge is 0.351 e. The van der Waals surface area contributed by atoms with Gasteiger partial charge in [0.25, 0.3) is 11.5 Å². The van der Waals surface area contributed by atoms with E-state index < -0.39 is 0 Å². The highest BCUT2D eigenvalue weighted by molar-refractivity contribution is 5.91. The van der Waals surface area contributed by atoms with E-state index in [4.69, 9.17) is 0 Å². The molecule has 7 heteroatoms. The van der Waals surface area contributed by atoms with E-state index in [0.29, 0.717) is 6.54 Å². The van der Waals surface area contributed by atoms with Crippen molar-refractivity contribution in [2.24, 2.45) is 0 Å². The van der Waals surface area contributed by atoms with Gasteiger partial charge in [0.2, 0.25) is 0 Å². The van der Waals surface area contributed by atoms with Gasteiger partial charge in [0.05, 0.1) is 17.4 Å². The molecule has 112 valence electrons. The molecule has 3 aromatic rings. The number of hydrogen-bond donors (Lipinski definition) is 2. The van der Waals surface area contributed by atoms with Gasteiger partial charge in [0.1, 0.15) is 5.69 Å². The quantitative estimate of drug-likeness (QED) is 0.685. The fourth-order valence-corrected chi connectivity index (χ4v) is 2.20. The molecule has 2 aromatic heterocycles. The summed E-state index contributed by atoms with van der Waals surface area (Å²) in [4.78, 5) is 27.0. The first kappa shape index (κ1) is 14.0. The molecule has 3 rings (SSSR count). The van der Waals surface area contributed by atoms with E-state index in [1.54, 1.807) is 6.33 Å². The fourth-order valence-electron chi connectivity index (χ4n) is 2.20. The molecule has 0 spiro atoms. The monoisotopic (exact) mass is 297 g/mol. The lowest BCUT2D eigenvalue weighted by molar-refractivity contribution is 0.0946. The average molecular weight is 297 g/mol. The maximum Gasteiger partial charge on any atom is 0.271 e. The van der Waals surface area contributed by atoms with Crippen LogP contribution in [0.4, 0.5) is 0 Å². The number of aromatic nitrogens is 4. The molecule has 0 bridgehead atoms. The minimum absolute atomic E-state index is 0.202. The molecule has 7 nitrogen and oxygen atoms in total. The van der Waals surface area contributed by atoms with Gasteiger partial charge in [-0.2, -0.15) is 5.10 Å². The van der Waals surface area contributed by atoms with Crippen molar-refractivity contribution >= 4 is 16.9 Å². The lowest BCUT2D eigenvalue weighted by Crippen LogP contribution is -2.27. The third-order valence-electron chi connectivity index (χ3n) is 3.30. The van der Waals surface area contributed by atoms with Gasteiger partial charge in [-0.1, -0.05) is 12.1 Å². The van der Waals surface area contributed by atoms with Crippen LogP contribution in [-0.2, 0) is 6.54 Å². The maximum atomic E-state index is 11.8. The number of aryl methyl sites for hydroxylation is 1. The van der Waals surface area contributed by atoms with E-state index in [0.717, 1.165) is 24.0 Å². The third-order valence-corrected chi connectivity index (χ3v) is 3.30. The van der Waals surface area contributed by atoms with Crippen LogP contribution >= 0.6 is 0 Å². The number of carbonyl (C=O) groups excluding carboxylic acids is 1. The van der Waals surface area contributed by atoms with Crippen molar-refractivity contribution in [1.29, 1.82) is 0 Å². The Balaban J connectivity index is 1.52. The predicted molar refractivity (Wildman–Crippen MR) is 81.5 cm³/mol. The van der Waals surface area contributed by atoms with Crippen molar-refractivity contribution in [1.82, 2.24) is 25.1 Å². The Labute approximate surface area is 126 Å². The Kier molecular flexibility index (Phi) is 3.95. The molecule has 1 amide bonds. The number of nitrogens with zero attached hydrogens (tertiary/aromatic N) is 3. The summed E-state index contributed by atoms with van der Waals surface area (Å²) < 4.78 is 2.06. The van der Waals surface area contributed by atoms with Gasteiger partial charge in [0, 0.05) is 19.2 Å². The fraction of sp³-hybridized carbons (Fsp3) is 0.200. The molecule has 0 radical (unpaired) electrons. The van der Waals surface area contributed by atoms with Gasteiger partial charge in [-0.05, 0) is 24.6 Å². The van der Waals surface area contributed by atoms with Crippen molar-refractivity contribution in [3.8, 4) is 0 Å². The second-order valence-electron chi connectivity index (χ2n) is 4.84. The zero-order valence-electron chi connectivity index (χ0n) is 11.8.